The second kappa shape index (κ2) is 14.3. The Bertz CT molecular complexity index is 1970. The molecule has 1 aliphatic rings. The van der Waals surface area contributed by atoms with E-state index in [4.69, 9.17) is 4.74 Å². The van der Waals surface area contributed by atoms with Gasteiger partial charge in [-0.25, -0.2) is 15.0 Å². The van der Waals surface area contributed by atoms with Crippen LogP contribution in [0.15, 0.2) is 97.3 Å². The number of aliphatic hydroxyl groups excluding tert-OH is 2. The average Bonchev–Trinajstić information content (AvgIpc) is 3.87. The molecule has 0 spiro atoms. The van der Waals surface area contributed by atoms with Gasteiger partial charge in [0, 0.05) is 19.0 Å². The first-order valence-corrected chi connectivity index (χ1v) is 16.2. The van der Waals surface area contributed by atoms with Crippen LogP contribution in [0.25, 0.3) is 11.2 Å². The standard InChI is InChI=1S/C35H36N10O4/c1-2-45-42-31(41-43-45)29-27(46)28(47)35(49-29)44-21-38-26-30(37-20-25(23-14-8-4-9-15-23)24-16-10-5-11-17-24)39-32(40-33(26)44)34(48)36-19-18-22-12-6-3-7-13-22/h3-17,21,25,27-29,35,46-47H,2,18-20H2,1H3,(H,36,48)(H,37,39,40)/t27-,28+,29-,35+/m0/s1. The van der Waals surface area contributed by atoms with Crippen molar-refractivity contribution in [2.45, 2.75) is 50.3 Å². The number of hydrogen-bond donors (Lipinski definition) is 4. The lowest BCUT2D eigenvalue weighted by Crippen LogP contribution is -2.30. The van der Waals surface area contributed by atoms with Gasteiger partial charge >= 0.3 is 0 Å². The van der Waals surface area contributed by atoms with E-state index in [-0.39, 0.29) is 23.2 Å². The molecule has 250 valence electrons. The van der Waals surface area contributed by atoms with Crippen molar-refractivity contribution in [1.82, 2.24) is 45.0 Å². The first kappa shape index (κ1) is 32.0. The van der Waals surface area contributed by atoms with Crippen LogP contribution < -0.4 is 10.6 Å². The molecule has 4 heterocycles. The Morgan fingerprint density at radius 1 is 0.918 bits per heavy atom. The van der Waals surface area contributed by atoms with Crippen LogP contribution in [0.5, 0.6) is 0 Å². The molecule has 7 rings (SSSR count). The van der Waals surface area contributed by atoms with Crippen LogP contribution in [-0.4, -0.2) is 81.1 Å². The number of benzene rings is 3. The Kier molecular flexibility index (Phi) is 9.32. The van der Waals surface area contributed by atoms with Crippen LogP contribution >= 0.6 is 0 Å². The van der Waals surface area contributed by atoms with E-state index in [0.29, 0.717) is 37.4 Å². The molecule has 3 aromatic carbocycles. The van der Waals surface area contributed by atoms with E-state index in [2.05, 4.69) is 65.3 Å². The molecule has 0 saturated carbocycles. The molecule has 1 aliphatic heterocycles. The number of nitrogens with one attached hydrogen (secondary N) is 2. The summed E-state index contributed by atoms with van der Waals surface area (Å²) in [5, 5.41) is 40.6. The van der Waals surface area contributed by atoms with E-state index in [0.717, 1.165) is 16.7 Å². The largest absolute Gasteiger partial charge is 0.387 e. The van der Waals surface area contributed by atoms with Gasteiger partial charge in [0.05, 0.1) is 12.9 Å². The summed E-state index contributed by atoms with van der Waals surface area (Å²) >= 11 is 0. The topological polar surface area (TPSA) is 178 Å². The molecule has 14 nitrogen and oxygen atoms in total. The van der Waals surface area contributed by atoms with Crippen LogP contribution in [0.2, 0.25) is 0 Å². The molecule has 1 fully saturated rings. The van der Waals surface area contributed by atoms with Crippen molar-refractivity contribution in [2.24, 2.45) is 0 Å². The SMILES string of the molecule is CCn1nnc([C@H]2O[C@@H](n3cnc4c(NCC(c5ccccc5)c5ccccc5)nc(C(=O)NCCc5ccccc5)nc43)[C@H](O)[C@@H]2O)n1. The third-order valence-corrected chi connectivity index (χ3v) is 8.56. The summed E-state index contributed by atoms with van der Waals surface area (Å²) in [7, 11) is 0. The van der Waals surface area contributed by atoms with Gasteiger partial charge < -0.3 is 25.6 Å². The summed E-state index contributed by atoms with van der Waals surface area (Å²) in [5.74, 6) is -0.118. The Balaban J connectivity index is 1.22. The van der Waals surface area contributed by atoms with Crippen molar-refractivity contribution >= 4 is 22.9 Å². The second-order valence-corrected chi connectivity index (χ2v) is 11.7. The zero-order valence-electron chi connectivity index (χ0n) is 26.7. The number of rotatable bonds is 12. The maximum atomic E-state index is 13.5. The molecule has 4 N–H and O–H groups in total. The summed E-state index contributed by atoms with van der Waals surface area (Å²) < 4.78 is 7.61. The summed E-state index contributed by atoms with van der Waals surface area (Å²) in [6.45, 7) is 3.14. The number of imidazole rings is 1. The quantitative estimate of drug-likeness (QED) is 0.152. The number of nitrogens with zero attached hydrogens (tertiary/aromatic N) is 8. The fraction of sp³-hybridized carbons (Fsp3) is 0.286. The third kappa shape index (κ3) is 6.74. The molecule has 1 amide bonds. The molecular weight excluding hydrogens is 624 g/mol. The monoisotopic (exact) mass is 660 g/mol. The highest BCUT2D eigenvalue weighted by molar-refractivity contribution is 5.94. The highest BCUT2D eigenvalue weighted by Gasteiger charge is 2.47. The van der Waals surface area contributed by atoms with E-state index in [9.17, 15) is 15.0 Å². The maximum Gasteiger partial charge on any atom is 0.289 e. The van der Waals surface area contributed by atoms with E-state index >= 15 is 0 Å². The molecular formula is C35H36N10O4. The van der Waals surface area contributed by atoms with Gasteiger partial charge in [-0.3, -0.25) is 9.36 Å². The molecule has 0 radical (unpaired) electrons. The van der Waals surface area contributed by atoms with Crippen molar-refractivity contribution < 1.29 is 19.7 Å². The lowest BCUT2D eigenvalue weighted by molar-refractivity contribution is -0.0384. The first-order chi connectivity index (χ1) is 24.0. The predicted octanol–water partition coefficient (Wildman–Crippen LogP) is 3.04. The molecule has 0 bridgehead atoms. The van der Waals surface area contributed by atoms with Crippen LogP contribution in [0.4, 0.5) is 5.82 Å². The number of hydrogen-bond acceptors (Lipinski definition) is 11. The molecule has 6 aromatic rings. The lowest BCUT2D eigenvalue weighted by Gasteiger charge is -2.20. The molecule has 14 heteroatoms. The number of aromatic nitrogens is 8. The maximum absolute atomic E-state index is 13.5. The predicted molar refractivity (Wildman–Crippen MR) is 179 cm³/mol. The van der Waals surface area contributed by atoms with E-state index in [1.807, 2.05) is 73.7 Å². The zero-order valence-corrected chi connectivity index (χ0v) is 26.7. The average molecular weight is 661 g/mol. The third-order valence-electron chi connectivity index (χ3n) is 8.56. The summed E-state index contributed by atoms with van der Waals surface area (Å²) in [6, 6.07) is 30.1. The Labute approximate surface area is 281 Å². The number of anilines is 1. The van der Waals surface area contributed by atoms with Crippen LogP contribution in [-0.2, 0) is 17.7 Å². The molecule has 0 unspecified atom stereocenters. The van der Waals surface area contributed by atoms with Gasteiger partial charge in [-0.2, -0.15) is 4.80 Å². The van der Waals surface area contributed by atoms with Crippen LogP contribution in [0, 0.1) is 0 Å². The number of carbonyl (C=O) groups excluding carboxylic acids is 1. The van der Waals surface area contributed by atoms with Crippen LogP contribution in [0.1, 0.15) is 58.3 Å². The van der Waals surface area contributed by atoms with E-state index in [1.54, 1.807) is 0 Å². The number of amides is 1. The molecule has 3 aromatic heterocycles. The molecule has 0 aliphatic carbocycles. The van der Waals surface area contributed by atoms with Gasteiger partial charge in [-0.1, -0.05) is 91.0 Å². The van der Waals surface area contributed by atoms with Gasteiger partial charge in [0.1, 0.15) is 12.2 Å². The normalized spacial score (nSPS) is 19.0. The Hall–Kier alpha value is -5.57. The van der Waals surface area contributed by atoms with E-state index < -0.39 is 30.4 Å². The highest BCUT2D eigenvalue weighted by Crippen LogP contribution is 2.39. The first-order valence-electron chi connectivity index (χ1n) is 16.2. The van der Waals surface area contributed by atoms with E-state index in [1.165, 1.54) is 15.7 Å². The highest BCUT2D eigenvalue weighted by atomic mass is 16.6. The van der Waals surface area contributed by atoms with Gasteiger partial charge in [0.15, 0.2) is 29.3 Å². The number of ether oxygens (including phenoxy) is 1. The van der Waals surface area contributed by atoms with Gasteiger partial charge in [-0.05, 0) is 35.2 Å². The van der Waals surface area contributed by atoms with Gasteiger partial charge in [-0.15, -0.1) is 10.2 Å². The van der Waals surface area contributed by atoms with Crippen LogP contribution in [0.3, 0.4) is 0 Å². The molecule has 4 atom stereocenters. The second-order valence-electron chi connectivity index (χ2n) is 11.7. The summed E-state index contributed by atoms with van der Waals surface area (Å²) in [6.07, 6.45) is -2.81. The molecule has 1 saturated heterocycles. The van der Waals surface area contributed by atoms with Crippen molar-refractivity contribution in [2.75, 3.05) is 18.4 Å². The number of fused-ring (bicyclic) bond motifs is 1. The van der Waals surface area contributed by atoms with Gasteiger partial charge in [0.2, 0.25) is 11.6 Å². The number of tetrazole rings is 1. The Morgan fingerprint density at radius 2 is 1.59 bits per heavy atom. The fourth-order valence-electron chi connectivity index (χ4n) is 5.98. The number of aliphatic hydroxyl groups is 2. The van der Waals surface area contributed by atoms with Crippen molar-refractivity contribution in [1.29, 1.82) is 0 Å². The smallest absolute Gasteiger partial charge is 0.289 e. The minimum atomic E-state index is -1.38. The summed E-state index contributed by atoms with van der Waals surface area (Å²) in [5.41, 5.74) is 3.90. The summed E-state index contributed by atoms with van der Waals surface area (Å²) in [4.78, 5) is 28.7. The number of aryl methyl sites for hydroxylation is 1. The lowest BCUT2D eigenvalue weighted by atomic mass is 9.91. The minimum Gasteiger partial charge on any atom is -0.387 e. The van der Waals surface area contributed by atoms with Crippen molar-refractivity contribution in [3.8, 4) is 0 Å². The van der Waals surface area contributed by atoms with Crippen molar-refractivity contribution in [3.05, 3.63) is 126 Å². The van der Waals surface area contributed by atoms with Gasteiger partial charge in [0.25, 0.3) is 5.91 Å². The zero-order chi connectivity index (χ0) is 33.7. The fourth-order valence-corrected chi connectivity index (χ4v) is 5.98. The molecule has 49 heavy (non-hydrogen) atoms. The van der Waals surface area contributed by atoms with Crippen molar-refractivity contribution in [3.63, 3.8) is 0 Å². The number of carbonyl (C=O) groups is 1. The minimum absolute atomic E-state index is 0.0439. The Morgan fingerprint density at radius 3 is 2.24 bits per heavy atom.